The molecule has 0 saturated carbocycles. The van der Waals surface area contributed by atoms with Crippen molar-refractivity contribution in [3.05, 3.63) is 88.7 Å². The van der Waals surface area contributed by atoms with Gasteiger partial charge in [-0.25, -0.2) is 4.79 Å². The number of ether oxygens (including phenoxy) is 1. The van der Waals surface area contributed by atoms with Crippen molar-refractivity contribution < 1.29 is 9.53 Å². The number of rotatable bonds is 6. The molecule has 2 aromatic carbocycles. The summed E-state index contributed by atoms with van der Waals surface area (Å²) >= 11 is 1.83. The van der Waals surface area contributed by atoms with Crippen molar-refractivity contribution in [2.45, 2.75) is 54.7 Å². The Kier molecular flexibility index (Phi) is 6.53. The second-order valence-electron chi connectivity index (χ2n) is 7.93. The van der Waals surface area contributed by atoms with Gasteiger partial charge < -0.3 is 4.74 Å². The fourth-order valence-corrected chi connectivity index (χ4v) is 5.14. The lowest BCUT2D eigenvalue weighted by Gasteiger charge is -2.26. The molecule has 0 fully saturated rings. The maximum absolute atomic E-state index is 12.0. The number of methoxy groups -OCH3 is 1. The molecule has 0 spiro atoms. The summed E-state index contributed by atoms with van der Waals surface area (Å²) in [6.07, 6.45) is 8.87. The number of carbonyl (C=O) groups excluding carboxylic acids is 1. The van der Waals surface area contributed by atoms with Crippen LogP contribution >= 0.6 is 11.8 Å². The SMILES string of the molecule is COC(=O)c1ccncc1CC[C@H]1CCCc2cc(Sc3ccc(C)cc3)ccc21. The van der Waals surface area contributed by atoms with Crippen LogP contribution in [0.2, 0.25) is 0 Å². The Balaban J connectivity index is 1.48. The maximum atomic E-state index is 12.0. The average molecular weight is 418 g/mol. The highest BCUT2D eigenvalue weighted by Gasteiger charge is 2.21. The van der Waals surface area contributed by atoms with Crippen LogP contribution in [0.1, 0.15) is 57.8 Å². The van der Waals surface area contributed by atoms with Crippen LogP contribution in [-0.4, -0.2) is 18.1 Å². The number of pyridine rings is 1. The quantitative estimate of drug-likeness (QED) is 0.436. The lowest BCUT2D eigenvalue weighted by molar-refractivity contribution is 0.0599. The van der Waals surface area contributed by atoms with Crippen molar-refractivity contribution in [2.24, 2.45) is 0 Å². The Hall–Kier alpha value is -2.59. The van der Waals surface area contributed by atoms with Crippen molar-refractivity contribution in [3.8, 4) is 0 Å². The molecule has 3 aromatic rings. The van der Waals surface area contributed by atoms with Crippen LogP contribution in [0.4, 0.5) is 0 Å². The van der Waals surface area contributed by atoms with E-state index in [1.54, 1.807) is 18.5 Å². The topological polar surface area (TPSA) is 39.2 Å². The Labute approximate surface area is 182 Å². The van der Waals surface area contributed by atoms with Crippen molar-refractivity contribution in [1.29, 1.82) is 0 Å². The van der Waals surface area contributed by atoms with Gasteiger partial charge in [-0.15, -0.1) is 0 Å². The van der Waals surface area contributed by atoms with Crippen LogP contribution in [-0.2, 0) is 17.6 Å². The molecule has 4 heteroatoms. The molecule has 1 atom stereocenters. The van der Waals surface area contributed by atoms with Gasteiger partial charge in [0.25, 0.3) is 0 Å². The van der Waals surface area contributed by atoms with Gasteiger partial charge in [-0.3, -0.25) is 4.98 Å². The lowest BCUT2D eigenvalue weighted by Crippen LogP contribution is -2.12. The molecule has 4 rings (SSSR count). The van der Waals surface area contributed by atoms with Crippen LogP contribution < -0.4 is 0 Å². The number of fused-ring (bicyclic) bond motifs is 1. The first-order valence-corrected chi connectivity index (χ1v) is 11.3. The minimum absolute atomic E-state index is 0.283. The molecule has 0 amide bonds. The number of carbonyl (C=O) groups is 1. The molecular weight excluding hydrogens is 390 g/mol. The molecule has 30 heavy (non-hydrogen) atoms. The van der Waals surface area contributed by atoms with E-state index < -0.39 is 0 Å². The van der Waals surface area contributed by atoms with E-state index in [9.17, 15) is 4.79 Å². The molecule has 0 radical (unpaired) electrons. The molecule has 1 aliphatic rings. The van der Waals surface area contributed by atoms with Gasteiger partial charge in [-0.1, -0.05) is 35.5 Å². The van der Waals surface area contributed by atoms with Crippen LogP contribution in [0.5, 0.6) is 0 Å². The normalized spacial score (nSPS) is 15.5. The van der Waals surface area contributed by atoms with Gasteiger partial charge in [-0.05, 0) is 92.0 Å². The van der Waals surface area contributed by atoms with Gasteiger partial charge in [0.05, 0.1) is 12.7 Å². The van der Waals surface area contributed by atoms with E-state index in [4.69, 9.17) is 4.74 Å². The molecule has 0 aliphatic heterocycles. The summed E-state index contributed by atoms with van der Waals surface area (Å²) in [5.74, 6) is 0.243. The van der Waals surface area contributed by atoms with E-state index in [0.717, 1.165) is 24.8 Å². The number of esters is 1. The monoisotopic (exact) mass is 417 g/mol. The van der Waals surface area contributed by atoms with Crippen molar-refractivity contribution in [3.63, 3.8) is 0 Å². The highest BCUT2D eigenvalue weighted by Crippen LogP contribution is 2.38. The third-order valence-electron chi connectivity index (χ3n) is 5.88. The van der Waals surface area contributed by atoms with Gasteiger partial charge in [0.2, 0.25) is 0 Å². The smallest absolute Gasteiger partial charge is 0.338 e. The highest BCUT2D eigenvalue weighted by molar-refractivity contribution is 7.99. The fraction of sp³-hybridized carbons (Fsp3) is 0.308. The van der Waals surface area contributed by atoms with Gasteiger partial charge in [0.1, 0.15) is 0 Å². The zero-order valence-electron chi connectivity index (χ0n) is 17.6. The van der Waals surface area contributed by atoms with Crippen molar-refractivity contribution in [2.75, 3.05) is 7.11 Å². The first-order valence-electron chi connectivity index (χ1n) is 10.5. The Bertz CT molecular complexity index is 1030. The maximum Gasteiger partial charge on any atom is 0.338 e. The summed E-state index contributed by atoms with van der Waals surface area (Å²) in [6, 6.07) is 17.4. The Morgan fingerprint density at radius 2 is 1.93 bits per heavy atom. The lowest BCUT2D eigenvalue weighted by atomic mass is 9.80. The number of benzene rings is 2. The fourth-order valence-electron chi connectivity index (χ4n) is 4.26. The molecule has 0 saturated heterocycles. The van der Waals surface area contributed by atoms with Gasteiger partial charge in [0, 0.05) is 22.2 Å². The molecule has 3 nitrogen and oxygen atoms in total. The summed E-state index contributed by atoms with van der Waals surface area (Å²) in [7, 11) is 1.43. The van der Waals surface area contributed by atoms with Gasteiger partial charge >= 0.3 is 5.97 Å². The minimum Gasteiger partial charge on any atom is -0.465 e. The van der Waals surface area contributed by atoms with Crippen LogP contribution in [0.25, 0.3) is 0 Å². The zero-order chi connectivity index (χ0) is 20.9. The molecule has 1 aromatic heterocycles. The highest BCUT2D eigenvalue weighted by atomic mass is 32.2. The largest absolute Gasteiger partial charge is 0.465 e. The molecular formula is C26H27NO2S. The number of hydrogen-bond acceptors (Lipinski definition) is 4. The van der Waals surface area contributed by atoms with Gasteiger partial charge in [-0.2, -0.15) is 0 Å². The average Bonchev–Trinajstić information content (AvgIpc) is 2.78. The van der Waals surface area contributed by atoms with Crippen LogP contribution in [0.3, 0.4) is 0 Å². The van der Waals surface area contributed by atoms with Gasteiger partial charge in [0.15, 0.2) is 0 Å². The molecule has 1 heterocycles. The first-order chi connectivity index (χ1) is 14.6. The summed E-state index contributed by atoms with van der Waals surface area (Å²) in [5, 5.41) is 0. The summed E-state index contributed by atoms with van der Waals surface area (Å²) in [4.78, 5) is 18.8. The van der Waals surface area contributed by atoms with E-state index in [2.05, 4.69) is 54.4 Å². The number of nitrogens with zero attached hydrogens (tertiary/aromatic N) is 1. The standard InChI is InChI=1S/C26H27NO2S/c1-18-6-10-22(11-7-18)30-23-12-13-24-19(4-3-5-20(24)16-23)8-9-21-17-27-15-14-25(21)26(28)29-2/h6-7,10-17,19H,3-5,8-9H2,1-2H3/t19-/m1/s1. The van der Waals surface area contributed by atoms with E-state index in [1.807, 2.05) is 11.8 Å². The third kappa shape index (κ3) is 4.76. The van der Waals surface area contributed by atoms with Crippen LogP contribution in [0.15, 0.2) is 70.7 Å². The summed E-state index contributed by atoms with van der Waals surface area (Å²) in [5.41, 5.74) is 5.84. The second kappa shape index (κ2) is 9.48. The first kappa shape index (κ1) is 20.7. The summed E-state index contributed by atoms with van der Waals surface area (Å²) < 4.78 is 4.92. The Morgan fingerprint density at radius 3 is 2.73 bits per heavy atom. The van der Waals surface area contributed by atoms with E-state index in [-0.39, 0.29) is 5.97 Å². The summed E-state index contributed by atoms with van der Waals surface area (Å²) in [6.45, 7) is 2.12. The van der Waals surface area contributed by atoms with Crippen molar-refractivity contribution in [1.82, 2.24) is 4.98 Å². The number of hydrogen-bond donors (Lipinski definition) is 0. The molecule has 154 valence electrons. The van der Waals surface area contributed by atoms with E-state index in [0.29, 0.717) is 11.5 Å². The second-order valence-corrected chi connectivity index (χ2v) is 9.07. The van der Waals surface area contributed by atoms with E-state index >= 15 is 0 Å². The van der Waals surface area contributed by atoms with Crippen molar-refractivity contribution >= 4 is 17.7 Å². The molecule has 0 unspecified atom stereocenters. The molecule has 0 N–H and O–H groups in total. The van der Waals surface area contributed by atoms with Crippen LogP contribution in [0, 0.1) is 6.92 Å². The third-order valence-corrected chi connectivity index (χ3v) is 6.88. The predicted octanol–water partition coefficient (Wildman–Crippen LogP) is 6.38. The minimum atomic E-state index is -0.283. The number of aromatic nitrogens is 1. The van der Waals surface area contributed by atoms with E-state index in [1.165, 1.54) is 46.4 Å². The Morgan fingerprint density at radius 1 is 1.13 bits per heavy atom. The zero-order valence-corrected chi connectivity index (χ0v) is 18.4. The molecule has 1 aliphatic carbocycles. The molecule has 0 bridgehead atoms. The predicted molar refractivity (Wildman–Crippen MR) is 121 cm³/mol. The number of aryl methyl sites for hydroxylation is 3.